The maximum Gasteiger partial charge on any atom is 0.271 e. The van der Waals surface area contributed by atoms with Crippen LogP contribution in [0.5, 0.6) is 17.2 Å². The van der Waals surface area contributed by atoms with Crippen molar-refractivity contribution in [3.05, 3.63) is 53.1 Å². The third kappa shape index (κ3) is 3.65. The Balaban J connectivity index is 2.22. The Bertz CT molecular complexity index is 767. The number of ether oxygens (including phenoxy) is 2. The number of hydrazone groups is 1. The van der Waals surface area contributed by atoms with E-state index in [2.05, 4.69) is 10.5 Å². The summed E-state index contributed by atoms with van der Waals surface area (Å²) in [4.78, 5) is 12.1. The molecule has 0 bridgehead atoms. The zero-order chi connectivity index (χ0) is 17.7. The third-order valence-corrected chi connectivity index (χ3v) is 3.55. The van der Waals surface area contributed by atoms with Gasteiger partial charge in [-0.2, -0.15) is 5.10 Å². The van der Waals surface area contributed by atoms with Crippen molar-refractivity contribution in [3.8, 4) is 17.2 Å². The molecule has 0 saturated heterocycles. The van der Waals surface area contributed by atoms with Crippen LogP contribution in [-0.2, 0) is 0 Å². The maximum atomic E-state index is 12.1. The van der Waals surface area contributed by atoms with Gasteiger partial charge in [0, 0.05) is 11.1 Å². The quantitative estimate of drug-likeness (QED) is 0.653. The van der Waals surface area contributed by atoms with Gasteiger partial charge in [-0.15, -0.1) is 0 Å². The van der Waals surface area contributed by atoms with Gasteiger partial charge in [0.2, 0.25) is 5.75 Å². The average Bonchev–Trinajstić information content (AvgIpc) is 2.59. The Hall–Kier alpha value is -3.02. The van der Waals surface area contributed by atoms with Gasteiger partial charge in [-0.25, -0.2) is 5.43 Å². The fourth-order valence-corrected chi connectivity index (χ4v) is 2.17. The summed E-state index contributed by atoms with van der Waals surface area (Å²) in [7, 11) is 2.92. The van der Waals surface area contributed by atoms with Gasteiger partial charge >= 0.3 is 0 Å². The Morgan fingerprint density at radius 1 is 1.08 bits per heavy atom. The largest absolute Gasteiger partial charge is 0.504 e. The molecule has 2 rings (SSSR count). The summed E-state index contributed by atoms with van der Waals surface area (Å²) in [6.07, 6.45) is 0. The van der Waals surface area contributed by atoms with E-state index in [9.17, 15) is 9.90 Å². The van der Waals surface area contributed by atoms with E-state index in [1.165, 1.54) is 14.2 Å². The molecule has 6 nitrogen and oxygen atoms in total. The van der Waals surface area contributed by atoms with Gasteiger partial charge in [-0.05, 0) is 38.1 Å². The van der Waals surface area contributed by atoms with Crippen molar-refractivity contribution < 1.29 is 19.4 Å². The lowest BCUT2D eigenvalue weighted by Crippen LogP contribution is -2.19. The molecule has 0 unspecified atom stereocenters. The number of benzene rings is 2. The molecule has 0 aliphatic rings. The van der Waals surface area contributed by atoms with Gasteiger partial charge in [0.15, 0.2) is 11.5 Å². The molecule has 0 spiro atoms. The van der Waals surface area contributed by atoms with Crippen LogP contribution in [0.25, 0.3) is 0 Å². The number of hydrogen-bond acceptors (Lipinski definition) is 5. The molecule has 2 N–H and O–H groups in total. The van der Waals surface area contributed by atoms with E-state index in [4.69, 9.17) is 9.47 Å². The lowest BCUT2D eigenvalue weighted by molar-refractivity contribution is 0.0955. The number of carbonyl (C=O) groups excluding carboxylic acids is 1. The Labute approximate surface area is 140 Å². The summed E-state index contributed by atoms with van der Waals surface area (Å²) in [6, 6.07) is 10.5. The highest BCUT2D eigenvalue weighted by atomic mass is 16.5. The minimum absolute atomic E-state index is 0.0947. The number of hydrogen-bond donors (Lipinski definition) is 2. The van der Waals surface area contributed by atoms with Crippen LogP contribution in [0.3, 0.4) is 0 Å². The second-order valence-corrected chi connectivity index (χ2v) is 5.20. The summed E-state index contributed by atoms with van der Waals surface area (Å²) in [5.41, 5.74) is 4.94. The van der Waals surface area contributed by atoms with Gasteiger partial charge in [0.1, 0.15) is 0 Å². The van der Waals surface area contributed by atoms with Gasteiger partial charge in [0.25, 0.3) is 5.91 Å². The zero-order valence-corrected chi connectivity index (χ0v) is 14.1. The van der Waals surface area contributed by atoms with Gasteiger partial charge in [-0.1, -0.05) is 17.7 Å². The first kappa shape index (κ1) is 17.3. The van der Waals surface area contributed by atoms with Gasteiger partial charge < -0.3 is 14.6 Å². The van der Waals surface area contributed by atoms with Crippen LogP contribution < -0.4 is 14.9 Å². The number of aryl methyl sites for hydroxylation is 1. The number of carbonyl (C=O) groups is 1. The van der Waals surface area contributed by atoms with Crippen LogP contribution in [-0.4, -0.2) is 30.9 Å². The van der Waals surface area contributed by atoms with Crippen LogP contribution >= 0.6 is 0 Å². The molecule has 126 valence electrons. The van der Waals surface area contributed by atoms with Crippen molar-refractivity contribution in [3.63, 3.8) is 0 Å². The summed E-state index contributed by atoms with van der Waals surface area (Å²) < 4.78 is 10.3. The topological polar surface area (TPSA) is 80.2 Å². The summed E-state index contributed by atoms with van der Waals surface area (Å²) in [6.45, 7) is 3.63. The minimum Gasteiger partial charge on any atom is -0.504 e. The number of amides is 1. The van der Waals surface area contributed by atoms with Gasteiger partial charge in [0.05, 0.1) is 19.9 Å². The predicted molar refractivity (Wildman–Crippen MR) is 92.1 cm³/mol. The molecule has 0 radical (unpaired) electrons. The van der Waals surface area contributed by atoms with Crippen LogP contribution in [0.2, 0.25) is 0 Å². The highest BCUT2D eigenvalue weighted by Crippen LogP contribution is 2.38. The molecule has 0 fully saturated rings. The molecule has 6 heteroatoms. The smallest absolute Gasteiger partial charge is 0.271 e. The molecule has 0 saturated carbocycles. The highest BCUT2D eigenvalue weighted by Gasteiger charge is 2.16. The molecular weight excluding hydrogens is 308 g/mol. The summed E-state index contributed by atoms with van der Waals surface area (Å²) >= 11 is 0. The lowest BCUT2D eigenvalue weighted by Gasteiger charge is -2.12. The number of aromatic hydroxyl groups is 1. The number of nitrogens with one attached hydrogen (secondary N) is 1. The van der Waals surface area contributed by atoms with E-state index in [1.807, 2.05) is 19.1 Å². The van der Waals surface area contributed by atoms with Crippen molar-refractivity contribution in [2.24, 2.45) is 5.10 Å². The second-order valence-electron chi connectivity index (χ2n) is 5.20. The van der Waals surface area contributed by atoms with E-state index >= 15 is 0 Å². The van der Waals surface area contributed by atoms with Crippen molar-refractivity contribution in [1.29, 1.82) is 0 Å². The van der Waals surface area contributed by atoms with E-state index in [0.29, 0.717) is 22.6 Å². The molecule has 2 aromatic rings. The lowest BCUT2D eigenvalue weighted by atomic mass is 10.1. The molecule has 0 aliphatic heterocycles. The first-order chi connectivity index (χ1) is 11.5. The first-order valence-corrected chi connectivity index (χ1v) is 7.33. The maximum absolute atomic E-state index is 12.1. The normalized spacial score (nSPS) is 11.1. The molecular formula is C18H20N2O4. The van der Waals surface area contributed by atoms with E-state index < -0.39 is 0 Å². The molecule has 0 aromatic heterocycles. The number of phenolic OH excluding ortho intramolecular Hbond substituents is 1. The Morgan fingerprint density at radius 3 is 2.33 bits per heavy atom. The van der Waals surface area contributed by atoms with Crippen molar-refractivity contribution in [2.45, 2.75) is 13.8 Å². The average molecular weight is 328 g/mol. The van der Waals surface area contributed by atoms with E-state index in [-0.39, 0.29) is 17.4 Å². The molecule has 1 amide bonds. The number of methoxy groups -OCH3 is 2. The van der Waals surface area contributed by atoms with Crippen molar-refractivity contribution >= 4 is 11.6 Å². The van der Waals surface area contributed by atoms with Crippen LogP contribution in [0.4, 0.5) is 0 Å². The first-order valence-electron chi connectivity index (χ1n) is 7.33. The highest BCUT2D eigenvalue weighted by molar-refractivity contribution is 6.03. The molecule has 0 heterocycles. The summed E-state index contributed by atoms with van der Waals surface area (Å²) in [5, 5.41) is 14.3. The van der Waals surface area contributed by atoms with Crippen LogP contribution in [0, 0.1) is 6.92 Å². The zero-order valence-electron chi connectivity index (χ0n) is 14.1. The Kier molecular flexibility index (Phi) is 5.42. The van der Waals surface area contributed by atoms with Gasteiger partial charge in [-0.3, -0.25) is 4.79 Å². The number of phenols is 1. The SMILES string of the molecule is COc1ccc(/C(C)=N/NC(=O)c2ccc(C)cc2)c(O)c1OC. The second kappa shape index (κ2) is 7.50. The minimum atomic E-state index is -0.325. The summed E-state index contributed by atoms with van der Waals surface area (Å²) in [5.74, 6) is 0.210. The molecule has 2 aromatic carbocycles. The molecule has 0 atom stereocenters. The van der Waals surface area contributed by atoms with E-state index in [0.717, 1.165) is 5.56 Å². The van der Waals surface area contributed by atoms with Crippen molar-refractivity contribution in [2.75, 3.05) is 14.2 Å². The number of rotatable bonds is 5. The number of nitrogens with zero attached hydrogens (tertiary/aromatic N) is 1. The van der Waals surface area contributed by atoms with E-state index in [1.54, 1.807) is 31.2 Å². The molecule has 24 heavy (non-hydrogen) atoms. The molecule has 0 aliphatic carbocycles. The Morgan fingerprint density at radius 2 is 1.75 bits per heavy atom. The monoisotopic (exact) mass is 328 g/mol. The van der Waals surface area contributed by atoms with Crippen LogP contribution in [0.15, 0.2) is 41.5 Å². The fraction of sp³-hybridized carbons (Fsp3) is 0.222. The fourth-order valence-electron chi connectivity index (χ4n) is 2.17. The standard InChI is InChI=1S/C18H20N2O4/c1-11-5-7-13(8-6-11)18(22)20-19-12(2)14-9-10-15(23-3)17(24-4)16(14)21/h5-10,21H,1-4H3,(H,20,22)/b19-12+. The van der Waals surface area contributed by atoms with Crippen LogP contribution in [0.1, 0.15) is 28.4 Å². The van der Waals surface area contributed by atoms with Crippen molar-refractivity contribution in [1.82, 2.24) is 5.43 Å². The predicted octanol–water partition coefficient (Wildman–Crippen LogP) is 2.87. The third-order valence-electron chi connectivity index (χ3n) is 3.55.